The van der Waals surface area contributed by atoms with Crippen LogP contribution in [0.25, 0.3) is 22.5 Å². The molecular formula is C23H27FN6O. The molecule has 2 saturated heterocycles. The van der Waals surface area contributed by atoms with E-state index in [4.69, 9.17) is 0 Å². The number of aromatic amines is 1. The van der Waals surface area contributed by atoms with Crippen LogP contribution in [0.4, 0.5) is 10.2 Å². The molecule has 31 heavy (non-hydrogen) atoms. The lowest BCUT2D eigenvalue weighted by molar-refractivity contribution is 0.107. The number of nitrogens with one attached hydrogen (secondary N) is 2. The molecule has 0 amide bonds. The summed E-state index contributed by atoms with van der Waals surface area (Å²) in [6.07, 6.45) is 6.22. The molecule has 0 saturated carbocycles. The molecule has 4 heterocycles. The van der Waals surface area contributed by atoms with Crippen molar-refractivity contribution in [2.24, 2.45) is 0 Å². The Kier molecular flexibility index (Phi) is 5.09. The molecule has 1 aromatic carbocycles. The first-order chi connectivity index (χ1) is 15.0. The van der Waals surface area contributed by atoms with Crippen LogP contribution in [0, 0.1) is 6.92 Å². The maximum absolute atomic E-state index is 15.0. The summed E-state index contributed by atoms with van der Waals surface area (Å²) in [5, 5.41) is 21.1. The van der Waals surface area contributed by atoms with Crippen LogP contribution in [0.2, 0.25) is 0 Å². The predicted molar refractivity (Wildman–Crippen MR) is 118 cm³/mol. The smallest absolute Gasteiger partial charge is 0.147 e. The number of fused-ring (bicyclic) bond motifs is 2. The maximum atomic E-state index is 15.0. The van der Waals surface area contributed by atoms with Gasteiger partial charge in [0.15, 0.2) is 0 Å². The summed E-state index contributed by atoms with van der Waals surface area (Å²) in [5.74, 6) is 0.753. The molecule has 3 N–H and O–H groups in total. The number of aryl methyl sites for hydroxylation is 1. The van der Waals surface area contributed by atoms with Gasteiger partial charge in [0.25, 0.3) is 0 Å². The molecule has 2 aliphatic heterocycles. The van der Waals surface area contributed by atoms with Crippen molar-refractivity contribution in [3.63, 3.8) is 0 Å². The van der Waals surface area contributed by atoms with Crippen LogP contribution in [0.3, 0.4) is 0 Å². The number of anilines is 1. The second-order valence-electron chi connectivity index (χ2n) is 8.69. The lowest BCUT2D eigenvalue weighted by atomic mass is 9.82. The fourth-order valence-corrected chi connectivity index (χ4v) is 4.84. The third-order valence-corrected chi connectivity index (χ3v) is 6.57. The lowest BCUT2D eigenvalue weighted by Crippen LogP contribution is -2.61. The minimum atomic E-state index is -0.926. The van der Waals surface area contributed by atoms with E-state index in [1.54, 1.807) is 18.5 Å². The van der Waals surface area contributed by atoms with E-state index in [1.807, 2.05) is 37.1 Å². The summed E-state index contributed by atoms with van der Waals surface area (Å²) in [6.45, 7) is 1.93. The van der Waals surface area contributed by atoms with E-state index in [9.17, 15) is 5.11 Å². The molecule has 4 atom stereocenters. The van der Waals surface area contributed by atoms with Crippen LogP contribution < -0.4 is 10.2 Å². The molecule has 3 aromatic rings. The monoisotopic (exact) mass is 422 g/mol. The third kappa shape index (κ3) is 3.76. The van der Waals surface area contributed by atoms with Gasteiger partial charge in [0.05, 0.1) is 29.8 Å². The molecule has 0 spiro atoms. The van der Waals surface area contributed by atoms with E-state index in [2.05, 4.69) is 25.5 Å². The number of rotatable bonds is 4. The van der Waals surface area contributed by atoms with Gasteiger partial charge in [-0.3, -0.25) is 10.1 Å². The molecule has 2 aromatic heterocycles. The Balaban J connectivity index is 1.35. The topological polar surface area (TPSA) is 90.0 Å². The molecule has 5 rings (SSSR count). The highest BCUT2D eigenvalue weighted by molar-refractivity contribution is 5.73. The zero-order valence-electron chi connectivity index (χ0n) is 17.7. The van der Waals surface area contributed by atoms with Crippen LogP contribution in [-0.4, -0.2) is 56.6 Å². The van der Waals surface area contributed by atoms with Crippen LogP contribution in [-0.2, 0) is 0 Å². The van der Waals surface area contributed by atoms with Gasteiger partial charge in [0, 0.05) is 36.0 Å². The number of piperidine rings is 2. The van der Waals surface area contributed by atoms with E-state index < -0.39 is 6.17 Å². The number of aromatic hydroxyl groups is 1. The normalized spacial score (nSPS) is 25.4. The highest BCUT2D eigenvalue weighted by Crippen LogP contribution is 2.34. The van der Waals surface area contributed by atoms with Gasteiger partial charge in [-0.05, 0) is 44.4 Å². The second kappa shape index (κ2) is 7.92. The minimum absolute atomic E-state index is 0.0686. The van der Waals surface area contributed by atoms with Crippen molar-refractivity contribution in [1.82, 2.24) is 25.5 Å². The van der Waals surface area contributed by atoms with Crippen molar-refractivity contribution < 1.29 is 9.50 Å². The predicted octanol–water partition coefficient (Wildman–Crippen LogP) is 3.61. The molecule has 0 aliphatic carbocycles. The van der Waals surface area contributed by atoms with Crippen molar-refractivity contribution in [1.29, 1.82) is 0 Å². The molecule has 2 unspecified atom stereocenters. The maximum Gasteiger partial charge on any atom is 0.147 e. The van der Waals surface area contributed by atoms with Gasteiger partial charge in [-0.1, -0.05) is 12.5 Å². The number of hydrogen-bond acceptors (Lipinski definition) is 6. The Labute approximate surface area is 180 Å². The van der Waals surface area contributed by atoms with Crippen molar-refractivity contribution in [3.8, 4) is 28.3 Å². The highest BCUT2D eigenvalue weighted by Gasteiger charge is 2.41. The number of nitrogens with zero attached hydrogens (tertiary/aromatic N) is 4. The first-order valence-electron chi connectivity index (χ1n) is 10.8. The number of phenols is 1. The molecule has 0 radical (unpaired) electrons. The summed E-state index contributed by atoms with van der Waals surface area (Å²) >= 11 is 0. The number of benzene rings is 1. The van der Waals surface area contributed by atoms with E-state index in [-0.39, 0.29) is 17.8 Å². The zero-order chi connectivity index (χ0) is 21.5. The Morgan fingerprint density at radius 2 is 2.00 bits per heavy atom. The lowest BCUT2D eigenvalue weighted by Gasteiger charge is -2.46. The quantitative estimate of drug-likeness (QED) is 0.595. The molecule has 2 bridgehead atoms. The van der Waals surface area contributed by atoms with Crippen LogP contribution >= 0.6 is 0 Å². The molecular weight excluding hydrogens is 395 g/mol. The first-order valence-corrected chi connectivity index (χ1v) is 10.8. The van der Waals surface area contributed by atoms with E-state index >= 15 is 4.39 Å². The number of hydrogen-bond donors (Lipinski definition) is 3. The van der Waals surface area contributed by atoms with Crippen molar-refractivity contribution in [3.05, 3.63) is 42.4 Å². The molecule has 2 fully saturated rings. The summed E-state index contributed by atoms with van der Waals surface area (Å²) in [6, 6.07) is 7.41. The average molecular weight is 423 g/mol. The van der Waals surface area contributed by atoms with E-state index in [1.165, 1.54) is 0 Å². The Hall–Kier alpha value is -3.00. The summed E-state index contributed by atoms with van der Waals surface area (Å²) in [5.41, 5.74) is 3.71. The number of alkyl halides is 1. The van der Waals surface area contributed by atoms with Crippen molar-refractivity contribution >= 4 is 5.82 Å². The van der Waals surface area contributed by atoms with Gasteiger partial charge in [-0.15, -0.1) is 0 Å². The SMILES string of the molecule is Cc1cc(-c2ccc(-c3cnc(N(C)[C@@H]4CC5CCCC(N5)[C@@H]4F)cn3)c(O)c2)n[nH]1. The zero-order valence-corrected chi connectivity index (χ0v) is 17.7. The van der Waals surface area contributed by atoms with Gasteiger partial charge in [-0.2, -0.15) is 5.10 Å². The summed E-state index contributed by atoms with van der Waals surface area (Å²) < 4.78 is 15.0. The van der Waals surface area contributed by atoms with E-state index in [0.29, 0.717) is 23.1 Å². The molecule has 162 valence electrons. The largest absolute Gasteiger partial charge is 0.507 e. The van der Waals surface area contributed by atoms with Gasteiger partial charge >= 0.3 is 0 Å². The van der Waals surface area contributed by atoms with Gasteiger partial charge in [0.1, 0.15) is 17.7 Å². The van der Waals surface area contributed by atoms with Crippen LogP contribution in [0.1, 0.15) is 31.4 Å². The summed E-state index contributed by atoms with van der Waals surface area (Å²) in [7, 11) is 1.89. The number of phenolic OH excluding ortho intramolecular Hbond substituents is 1. The second-order valence-corrected chi connectivity index (χ2v) is 8.69. The number of halogens is 1. The highest BCUT2D eigenvalue weighted by atomic mass is 19.1. The van der Waals surface area contributed by atoms with Gasteiger partial charge in [0.2, 0.25) is 0 Å². The Morgan fingerprint density at radius 1 is 1.13 bits per heavy atom. The third-order valence-electron chi connectivity index (χ3n) is 6.57. The van der Waals surface area contributed by atoms with Crippen molar-refractivity contribution in [2.45, 2.75) is 56.9 Å². The fourth-order valence-electron chi connectivity index (χ4n) is 4.84. The first kappa shape index (κ1) is 19.9. The van der Waals surface area contributed by atoms with Crippen molar-refractivity contribution in [2.75, 3.05) is 11.9 Å². The van der Waals surface area contributed by atoms with Gasteiger partial charge in [-0.25, -0.2) is 9.37 Å². The Morgan fingerprint density at radius 3 is 2.71 bits per heavy atom. The standard InChI is InChI=1S/C23H27FN6O/c1-13-8-18(29-28-13)14-6-7-16(21(31)9-14)19-11-26-22(12-25-19)30(2)20-10-15-4-3-5-17(27-15)23(20)24/h6-9,11-12,15,17,20,23,27,31H,3-5,10H2,1-2H3,(H,28,29)/t15?,17?,20-,23+/m1/s1. The average Bonchev–Trinajstić information content (AvgIpc) is 3.22. The molecule has 2 aliphatic rings. The fraction of sp³-hybridized carbons (Fsp3) is 0.435. The molecule has 7 nitrogen and oxygen atoms in total. The van der Waals surface area contributed by atoms with Crippen LogP contribution in [0.5, 0.6) is 5.75 Å². The number of aromatic nitrogens is 4. The summed E-state index contributed by atoms with van der Waals surface area (Å²) in [4.78, 5) is 11.0. The van der Waals surface area contributed by atoms with Gasteiger partial charge < -0.3 is 15.3 Å². The van der Waals surface area contributed by atoms with E-state index in [0.717, 1.165) is 42.6 Å². The van der Waals surface area contributed by atoms with Crippen LogP contribution in [0.15, 0.2) is 36.7 Å². The molecule has 8 heteroatoms. The minimum Gasteiger partial charge on any atom is -0.507 e. The Bertz CT molecular complexity index is 1070. The number of H-pyrrole nitrogens is 1.